The van der Waals surface area contributed by atoms with Gasteiger partial charge in [-0.3, -0.25) is 9.59 Å². The predicted molar refractivity (Wildman–Crippen MR) is 103 cm³/mol. The van der Waals surface area contributed by atoms with Crippen LogP contribution < -0.4 is 15.0 Å². The van der Waals surface area contributed by atoms with E-state index in [1.807, 2.05) is 25.1 Å². The van der Waals surface area contributed by atoms with Gasteiger partial charge in [0.25, 0.3) is 5.91 Å². The summed E-state index contributed by atoms with van der Waals surface area (Å²) in [6.45, 7) is 2.58. The van der Waals surface area contributed by atoms with E-state index in [0.717, 1.165) is 30.6 Å². The van der Waals surface area contributed by atoms with E-state index in [-0.39, 0.29) is 18.4 Å². The summed E-state index contributed by atoms with van der Waals surface area (Å²) >= 11 is 5.82. The topological polar surface area (TPSA) is 58.6 Å². The summed E-state index contributed by atoms with van der Waals surface area (Å²) in [4.78, 5) is 26.1. The number of rotatable bonds is 5. The molecule has 1 fully saturated rings. The molecule has 26 heavy (non-hydrogen) atoms. The Hall–Kier alpha value is -2.53. The highest BCUT2D eigenvalue weighted by atomic mass is 35.5. The van der Waals surface area contributed by atoms with Crippen molar-refractivity contribution in [2.45, 2.75) is 26.2 Å². The van der Waals surface area contributed by atoms with E-state index in [2.05, 4.69) is 5.32 Å². The molecule has 1 aliphatic rings. The Balaban J connectivity index is 1.63. The predicted octanol–water partition coefficient (Wildman–Crippen LogP) is 4.18. The lowest BCUT2D eigenvalue weighted by Crippen LogP contribution is -2.35. The van der Waals surface area contributed by atoms with Crippen molar-refractivity contribution in [3.05, 3.63) is 53.1 Å². The summed E-state index contributed by atoms with van der Waals surface area (Å²) in [5.41, 5.74) is 2.51. The molecule has 1 saturated heterocycles. The summed E-state index contributed by atoms with van der Waals surface area (Å²) < 4.78 is 5.45. The minimum Gasteiger partial charge on any atom is -0.484 e. The smallest absolute Gasteiger partial charge is 0.262 e. The molecule has 2 aromatic carbocycles. The van der Waals surface area contributed by atoms with E-state index >= 15 is 0 Å². The standard InChI is InChI=1S/C20H21ClN2O3/c1-14-5-8-16(12-18(14)23-11-3-2-4-20(23)25)22-19(24)13-26-17-9-6-15(21)7-10-17/h5-10,12H,2-4,11,13H2,1H3,(H,22,24). The molecule has 3 rings (SSSR count). The van der Waals surface area contributed by atoms with E-state index in [9.17, 15) is 9.59 Å². The molecule has 2 aromatic rings. The number of piperidine rings is 1. The molecule has 136 valence electrons. The summed E-state index contributed by atoms with van der Waals surface area (Å²) in [6.07, 6.45) is 2.51. The van der Waals surface area contributed by atoms with Gasteiger partial charge in [-0.15, -0.1) is 0 Å². The first-order valence-electron chi connectivity index (χ1n) is 8.62. The average molecular weight is 373 g/mol. The molecule has 0 bridgehead atoms. The largest absolute Gasteiger partial charge is 0.484 e. The second-order valence-corrected chi connectivity index (χ2v) is 6.73. The van der Waals surface area contributed by atoms with Crippen LogP contribution in [0.15, 0.2) is 42.5 Å². The summed E-state index contributed by atoms with van der Waals surface area (Å²) in [7, 11) is 0. The molecule has 0 aromatic heterocycles. The van der Waals surface area contributed by atoms with Crippen LogP contribution in [0.5, 0.6) is 5.75 Å². The van der Waals surface area contributed by atoms with Crippen LogP contribution >= 0.6 is 11.6 Å². The highest BCUT2D eigenvalue weighted by Gasteiger charge is 2.21. The van der Waals surface area contributed by atoms with Crippen molar-refractivity contribution in [2.75, 3.05) is 23.4 Å². The van der Waals surface area contributed by atoms with Crippen molar-refractivity contribution in [3.63, 3.8) is 0 Å². The van der Waals surface area contributed by atoms with Gasteiger partial charge in [0, 0.05) is 29.4 Å². The second kappa shape index (κ2) is 8.23. The number of amides is 2. The Morgan fingerprint density at radius 1 is 1.19 bits per heavy atom. The third-order valence-corrected chi connectivity index (χ3v) is 4.54. The molecule has 6 heteroatoms. The van der Waals surface area contributed by atoms with Gasteiger partial charge in [-0.1, -0.05) is 17.7 Å². The maximum absolute atomic E-state index is 12.2. The average Bonchev–Trinajstić information content (AvgIpc) is 2.63. The first-order valence-corrected chi connectivity index (χ1v) is 9.00. The number of carbonyl (C=O) groups is 2. The third-order valence-electron chi connectivity index (χ3n) is 4.29. The molecule has 0 aliphatic carbocycles. The van der Waals surface area contributed by atoms with Crippen LogP contribution in [0.4, 0.5) is 11.4 Å². The van der Waals surface area contributed by atoms with Gasteiger partial charge < -0.3 is 15.0 Å². The molecule has 0 radical (unpaired) electrons. The van der Waals surface area contributed by atoms with Crippen molar-refractivity contribution in [1.29, 1.82) is 0 Å². The lowest BCUT2D eigenvalue weighted by molar-refractivity contribution is -0.119. The van der Waals surface area contributed by atoms with Crippen LogP contribution in [-0.2, 0) is 9.59 Å². The minimum atomic E-state index is -0.264. The molecule has 5 nitrogen and oxygen atoms in total. The van der Waals surface area contributed by atoms with Crippen molar-refractivity contribution >= 4 is 34.8 Å². The Morgan fingerprint density at radius 3 is 2.69 bits per heavy atom. The number of halogens is 1. The van der Waals surface area contributed by atoms with E-state index in [1.54, 1.807) is 29.2 Å². The fraction of sp³-hybridized carbons (Fsp3) is 0.300. The number of benzene rings is 2. The van der Waals surface area contributed by atoms with Gasteiger partial charge in [0.15, 0.2) is 6.61 Å². The van der Waals surface area contributed by atoms with Crippen LogP contribution in [0.25, 0.3) is 0 Å². The van der Waals surface area contributed by atoms with E-state index < -0.39 is 0 Å². The number of nitrogens with one attached hydrogen (secondary N) is 1. The number of hydrogen-bond donors (Lipinski definition) is 1. The zero-order valence-corrected chi connectivity index (χ0v) is 15.4. The third kappa shape index (κ3) is 4.55. The molecule has 0 spiro atoms. The minimum absolute atomic E-state index is 0.104. The van der Waals surface area contributed by atoms with E-state index in [1.165, 1.54) is 0 Å². The van der Waals surface area contributed by atoms with Gasteiger partial charge in [0.05, 0.1) is 0 Å². The van der Waals surface area contributed by atoms with Gasteiger partial charge in [-0.05, 0) is 61.7 Å². The molecule has 0 unspecified atom stereocenters. The van der Waals surface area contributed by atoms with Gasteiger partial charge >= 0.3 is 0 Å². The Labute approximate surface area is 157 Å². The van der Waals surface area contributed by atoms with Crippen LogP contribution in [0.2, 0.25) is 5.02 Å². The highest BCUT2D eigenvalue weighted by Crippen LogP contribution is 2.27. The highest BCUT2D eigenvalue weighted by molar-refractivity contribution is 6.30. The molecular weight excluding hydrogens is 352 g/mol. The normalized spacial score (nSPS) is 14.2. The van der Waals surface area contributed by atoms with Crippen LogP contribution in [-0.4, -0.2) is 25.0 Å². The number of aryl methyl sites for hydroxylation is 1. The number of anilines is 2. The molecule has 1 heterocycles. The van der Waals surface area contributed by atoms with Crippen LogP contribution in [0, 0.1) is 6.92 Å². The Kier molecular flexibility index (Phi) is 5.78. The molecule has 0 saturated carbocycles. The van der Waals surface area contributed by atoms with Crippen molar-refractivity contribution in [1.82, 2.24) is 0 Å². The number of hydrogen-bond acceptors (Lipinski definition) is 3. The monoisotopic (exact) mass is 372 g/mol. The van der Waals surface area contributed by atoms with Gasteiger partial charge in [-0.25, -0.2) is 0 Å². The SMILES string of the molecule is Cc1ccc(NC(=O)COc2ccc(Cl)cc2)cc1N1CCCCC1=O. The maximum atomic E-state index is 12.2. The van der Waals surface area contributed by atoms with Crippen molar-refractivity contribution in [2.24, 2.45) is 0 Å². The zero-order chi connectivity index (χ0) is 18.5. The second-order valence-electron chi connectivity index (χ2n) is 6.29. The summed E-state index contributed by atoms with van der Waals surface area (Å²) in [6, 6.07) is 12.4. The fourth-order valence-corrected chi connectivity index (χ4v) is 3.04. The van der Waals surface area contributed by atoms with E-state index in [0.29, 0.717) is 22.9 Å². The molecule has 0 atom stereocenters. The Morgan fingerprint density at radius 2 is 1.96 bits per heavy atom. The van der Waals surface area contributed by atoms with Gasteiger partial charge in [0.2, 0.25) is 5.91 Å². The molecule has 2 amide bonds. The quantitative estimate of drug-likeness (QED) is 0.856. The van der Waals surface area contributed by atoms with E-state index in [4.69, 9.17) is 16.3 Å². The number of nitrogens with zero attached hydrogens (tertiary/aromatic N) is 1. The summed E-state index contributed by atoms with van der Waals surface area (Å²) in [5, 5.41) is 3.43. The first-order chi connectivity index (χ1) is 12.5. The first kappa shape index (κ1) is 18.3. The van der Waals surface area contributed by atoms with Gasteiger partial charge in [-0.2, -0.15) is 0 Å². The summed E-state index contributed by atoms with van der Waals surface area (Å²) in [5.74, 6) is 0.446. The lowest BCUT2D eigenvalue weighted by Gasteiger charge is -2.28. The van der Waals surface area contributed by atoms with Gasteiger partial charge in [0.1, 0.15) is 5.75 Å². The maximum Gasteiger partial charge on any atom is 0.262 e. The molecule has 1 aliphatic heterocycles. The zero-order valence-electron chi connectivity index (χ0n) is 14.6. The number of ether oxygens (including phenoxy) is 1. The fourth-order valence-electron chi connectivity index (χ4n) is 2.92. The van der Waals surface area contributed by atoms with Crippen LogP contribution in [0.1, 0.15) is 24.8 Å². The molecular formula is C20H21ClN2O3. The van der Waals surface area contributed by atoms with Crippen molar-refractivity contribution < 1.29 is 14.3 Å². The van der Waals surface area contributed by atoms with Crippen molar-refractivity contribution in [3.8, 4) is 5.75 Å². The Bertz CT molecular complexity index is 805. The lowest BCUT2D eigenvalue weighted by atomic mass is 10.1. The number of carbonyl (C=O) groups excluding carboxylic acids is 2. The molecule has 1 N–H and O–H groups in total. The van der Waals surface area contributed by atoms with Crippen LogP contribution in [0.3, 0.4) is 0 Å².